The molecule has 0 heterocycles. The van der Waals surface area contributed by atoms with Gasteiger partial charge in [-0.2, -0.15) is 0 Å². The molecule has 1 aromatic rings. The molecule has 1 aromatic carbocycles. The largest absolute Gasteiger partial charge is 0.421 e. The molecule has 2 rings (SSSR count). The van der Waals surface area contributed by atoms with Gasteiger partial charge in [-0.25, -0.2) is 0 Å². The number of rotatable bonds is 14. The molecule has 0 spiro atoms. The van der Waals surface area contributed by atoms with Gasteiger partial charge in [0.2, 0.25) is 5.78 Å². The van der Waals surface area contributed by atoms with Gasteiger partial charge < -0.3 is 4.74 Å². The van der Waals surface area contributed by atoms with Crippen molar-refractivity contribution in [3.63, 3.8) is 0 Å². The van der Waals surface area contributed by atoms with Gasteiger partial charge in [0, 0.05) is 17.5 Å². The average Bonchev–Trinajstić information content (AvgIpc) is 2.78. The molecule has 0 amide bonds. The van der Waals surface area contributed by atoms with Crippen LogP contribution in [0.4, 0.5) is 0 Å². The van der Waals surface area contributed by atoms with E-state index < -0.39 is 11.8 Å². The Hall–Kier alpha value is -2.49. The summed E-state index contributed by atoms with van der Waals surface area (Å²) in [5.74, 6) is -1.25. The molecule has 0 fully saturated rings. The highest BCUT2D eigenvalue weighted by atomic mass is 16.5. The Kier molecular flexibility index (Phi) is 11.0. The van der Waals surface area contributed by atoms with E-state index in [1.54, 1.807) is 30.3 Å². The Morgan fingerprint density at radius 1 is 0.806 bits per heavy atom. The number of carbonyl (C=O) groups excluding carboxylic acids is 3. The molecular weight excluding hydrogens is 388 g/mol. The average molecular weight is 425 g/mol. The number of hydrogen-bond donors (Lipinski definition) is 0. The fraction of sp³-hybridized carbons (Fsp3) is 0.519. The predicted molar refractivity (Wildman–Crippen MR) is 124 cm³/mol. The van der Waals surface area contributed by atoms with E-state index in [9.17, 15) is 14.4 Å². The summed E-state index contributed by atoms with van der Waals surface area (Å²) in [5.41, 5.74) is 0.853. The minimum Gasteiger partial charge on any atom is -0.421 e. The number of hydrogen-bond acceptors (Lipinski definition) is 4. The van der Waals surface area contributed by atoms with Crippen molar-refractivity contribution in [3.05, 3.63) is 58.9 Å². The Balaban J connectivity index is 2.02. The first-order valence-corrected chi connectivity index (χ1v) is 11.9. The molecule has 0 aromatic heterocycles. The topological polar surface area (TPSA) is 60.4 Å². The molecule has 0 N–H and O–H groups in total. The van der Waals surface area contributed by atoms with E-state index in [0.29, 0.717) is 17.5 Å². The van der Waals surface area contributed by atoms with E-state index in [1.165, 1.54) is 38.5 Å². The quantitative estimate of drug-likeness (QED) is 0.235. The molecule has 1 aliphatic carbocycles. The van der Waals surface area contributed by atoms with Crippen LogP contribution in [-0.2, 0) is 9.53 Å². The Labute approximate surface area is 186 Å². The lowest BCUT2D eigenvalue weighted by Gasteiger charge is -2.18. The van der Waals surface area contributed by atoms with Crippen molar-refractivity contribution in [3.8, 4) is 0 Å². The van der Waals surface area contributed by atoms with Gasteiger partial charge in [-0.1, -0.05) is 102 Å². The summed E-state index contributed by atoms with van der Waals surface area (Å²) in [6.45, 7) is 4.21. The summed E-state index contributed by atoms with van der Waals surface area (Å²) < 4.78 is 5.41. The summed E-state index contributed by atoms with van der Waals surface area (Å²) in [6, 6.07) is 6.71. The molecular formula is C27H36O4. The monoisotopic (exact) mass is 424 g/mol. The van der Waals surface area contributed by atoms with E-state index >= 15 is 0 Å². The van der Waals surface area contributed by atoms with Gasteiger partial charge >= 0.3 is 5.97 Å². The second-order valence-corrected chi connectivity index (χ2v) is 8.19. The third kappa shape index (κ3) is 7.61. The molecule has 168 valence electrons. The van der Waals surface area contributed by atoms with Gasteiger partial charge in [-0.15, -0.1) is 0 Å². The second kappa shape index (κ2) is 13.7. The van der Waals surface area contributed by atoms with Gasteiger partial charge in [0.15, 0.2) is 11.5 Å². The van der Waals surface area contributed by atoms with Crippen LogP contribution in [0.2, 0.25) is 0 Å². The number of allylic oxidation sites excluding steroid dienone is 4. The molecule has 0 unspecified atom stereocenters. The van der Waals surface area contributed by atoms with Crippen LogP contribution in [-0.4, -0.2) is 17.5 Å². The maximum absolute atomic E-state index is 13.0. The van der Waals surface area contributed by atoms with Gasteiger partial charge in [0.1, 0.15) is 0 Å². The fourth-order valence-electron chi connectivity index (χ4n) is 3.71. The van der Waals surface area contributed by atoms with Crippen molar-refractivity contribution in [2.24, 2.45) is 0 Å². The third-order valence-corrected chi connectivity index (χ3v) is 5.57. The lowest BCUT2D eigenvalue weighted by atomic mass is 9.87. The number of benzene rings is 1. The fourth-order valence-corrected chi connectivity index (χ4v) is 3.71. The standard InChI is InChI=1S/C27H36O4/c1-3-5-7-8-9-10-11-12-13-14-19-23-25(29)21-17-15-16-18-22(21)26(30)27(23)31-24(28)20-6-4-2/h14-19H,3-13,20H2,1-2H3. The highest BCUT2D eigenvalue weighted by Crippen LogP contribution is 2.28. The minimum absolute atomic E-state index is 0.128. The van der Waals surface area contributed by atoms with Crippen LogP contribution in [0, 0.1) is 0 Å². The molecule has 4 heteroatoms. The van der Waals surface area contributed by atoms with Crippen LogP contribution >= 0.6 is 0 Å². The number of carbonyl (C=O) groups is 3. The van der Waals surface area contributed by atoms with Gasteiger partial charge in [-0.05, 0) is 19.3 Å². The molecule has 0 atom stereocenters. The first kappa shape index (κ1) is 24.8. The summed E-state index contributed by atoms with van der Waals surface area (Å²) >= 11 is 0. The van der Waals surface area contributed by atoms with Gasteiger partial charge in [-0.3, -0.25) is 14.4 Å². The number of unbranched alkanes of at least 4 members (excludes halogenated alkanes) is 9. The molecule has 0 aliphatic heterocycles. The zero-order chi connectivity index (χ0) is 22.5. The summed E-state index contributed by atoms with van der Waals surface area (Å²) in [7, 11) is 0. The molecule has 0 saturated heterocycles. The van der Waals surface area contributed by atoms with Crippen LogP contribution < -0.4 is 0 Å². The summed E-state index contributed by atoms with van der Waals surface area (Å²) in [4.78, 5) is 38.1. The van der Waals surface area contributed by atoms with E-state index in [-0.39, 0.29) is 23.5 Å². The van der Waals surface area contributed by atoms with Crippen LogP contribution in [0.15, 0.2) is 47.7 Å². The SMILES string of the molecule is CCCCCCCCCCC=CC1=C(OC(=O)CCCC)C(=O)c2ccccc2C1=O. The van der Waals surface area contributed by atoms with E-state index in [1.807, 2.05) is 13.0 Å². The highest BCUT2D eigenvalue weighted by molar-refractivity contribution is 6.27. The molecule has 1 aliphatic rings. The number of fused-ring (bicyclic) bond motifs is 1. The third-order valence-electron chi connectivity index (χ3n) is 5.57. The van der Waals surface area contributed by atoms with Crippen molar-refractivity contribution in [2.45, 2.75) is 90.9 Å². The maximum Gasteiger partial charge on any atom is 0.311 e. The van der Waals surface area contributed by atoms with Crippen LogP contribution in [0.3, 0.4) is 0 Å². The zero-order valence-corrected chi connectivity index (χ0v) is 19.1. The number of ketones is 2. The normalized spacial score (nSPS) is 13.7. The molecule has 0 radical (unpaired) electrons. The van der Waals surface area contributed by atoms with E-state index in [0.717, 1.165) is 25.7 Å². The van der Waals surface area contributed by atoms with Crippen LogP contribution in [0.5, 0.6) is 0 Å². The molecule has 0 bridgehead atoms. The summed E-state index contributed by atoms with van der Waals surface area (Å²) in [5, 5.41) is 0. The first-order chi connectivity index (χ1) is 15.1. The van der Waals surface area contributed by atoms with Crippen molar-refractivity contribution in [1.82, 2.24) is 0 Å². The van der Waals surface area contributed by atoms with Crippen molar-refractivity contribution in [2.75, 3.05) is 0 Å². The van der Waals surface area contributed by atoms with Gasteiger partial charge in [0.05, 0.1) is 5.57 Å². The number of Topliss-reactive ketones (excluding diaryl/α,β-unsaturated/α-hetero) is 2. The Bertz CT molecular complexity index is 816. The molecule has 0 saturated carbocycles. The Morgan fingerprint density at radius 3 is 2.03 bits per heavy atom. The second-order valence-electron chi connectivity index (χ2n) is 8.19. The zero-order valence-electron chi connectivity index (χ0n) is 19.1. The van der Waals surface area contributed by atoms with Crippen LogP contribution in [0.25, 0.3) is 0 Å². The first-order valence-electron chi connectivity index (χ1n) is 11.9. The molecule has 31 heavy (non-hydrogen) atoms. The highest BCUT2D eigenvalue weighted by Gasteiger charge is 2.33. The maximum atomic E-state index is 13.0. The number of esters is 1. The van der Waals surface area contributed by atoms with E-state index in [4.69, 9.17) is 4.74 Å². The lowest BCUT2D eigenvalue weighted by molar-refractivity contribution is -0.139. The smallest absolute Gasteiger partial charge is 0.311 e. The van der Waals surface area contributed by atoms with Gasteiger partial charge in [0.25, 0.3) is 0 Å². The van der Waals surface area contributed by atoms with Crippen molar-refractivity contribution < 1.29 is 19.1 Å². The van der Waals surface area contributed by atoms with Crippen molar-refractivity contribution >= 4 is 17.5 Å². The van der Waals surface area contributed by atoms with E-state index in [2.05, 4.69) is 6.92 Å². The number of ether oxygens (including phenoxy) is 1. The van der Waals surface area contributed by atoms with Crippen molar-refractivity contribution in [1.29, 1.82) is 0 Å². The molecule has 4 nitrogen and oxygen atoms in total. The minimum atomic E-state index is -0.466. The predicted octanol–water partition coefficient (Wildman–Crippen LogP) is 7.14. The summed E-state index contributed by atoms with van der Waals surface area (Å²) in [6.07, 6.45) is 16.1. The van der Waals surface area contributed by atoms with Crippen LogP contribution in [0.1, 0.15) is 112 Å². The lowest BCUT2D eigenvalue weighted by Crippen LogP contribution is -2.24. The Morgan fingerprint density at radius 2 is 1.39 bits per heavy atom.